The zero-order chi connectivity index (χ0) is 19.9. The number of alkyl carbamates (subject to hydrolysis) is 1. The van der Waals surface area contributed by atoms with Gasteiger partial charge in [0, 0.05) is 32.7 Å². The number of amides is 3. The fraction of sp³-hybridized carbons (Fsp3) is 0.625. The molecule has 1 aromatic rings. The Morgan fingerprint density at radius 1 is 1.14 bits per heavy atom. The van der Waals surface area contributed by atoms with Crippen LogP contribution in [0, 0.1) is 0 Å². The van der Waals surface area contributed by atoms with Crippen LogP contribution < -0.4 is 5.32 Å². The number of ether oxygens (including phenoxy) is 1. The molecule has 1 spiro atoms. The zero-order valence-electron chi connectivity index (χ0n) is 14.9. The van der Waals surface area contributed by atoms with Gasteiger partial charge in [-0.3, -0.25) is 4.90 Å². The lowest BCUT2D eigenvalue weighted by Gasteiger charge is -2.48. The molecule has 3 amide bonds. The van der Waals surface area contributed by atoms with Crippen LogP contribution in [0.25, 0.3) is 0 Å². The van der Waals surface area contributed by atoms with Crippen molar-refractivity contribution in [3.63, 3.8) is 0 Å². The highest BCUT2D eigenvalue weighted by atomic mass is 19.4. The van der Waals surface area contributed by atoms with E-state index >= 15 is 0 Å². The molecule has 9 nitrogen and oxygen atoms in total. The second kappa shape index (κ2) is 6.76. The first-order chi connectivity index (χ1) is 13.2. The Hall–Kier alpha value is -2.63. The van der Waals surface area contributed by atoms with Crippen LogP contribution in [0.15, 0.2) is 12.1 Å². The lowest BCUT2D eigenvalue weighted by molar-refractivity contribution is -0.141. The molecule has 0 saturated carbocycles. The average Bonchev–Trinajstić information content (AvgIpc) is 3.02. The number of carbonyl (C=O) groups is 2. The summed E-state index contributed by atoms with van der Waals surface area (Å²) in [5.74, 6) is 0. The van der Waals surface area contributed by atoms with Crippen LogP contribution in [0.2, 0.25) is 0 Å². The molecule has 0 radical (unpaired) electrons. The number of rotatable bonds is 2. The molecule has 1 aromatic heterocycles. The molecule has 3 aliphatic rings. The lowest BCUT2D eigenvalue weighted by Crippen LogP contribution is -2.71. The molecule has 4 rings (SSSR count). The zero-order valence-corrected chi connectivity index (χ0v) is 14.9. The molecular weight excluding hydrogens is 381 g/mol. The van der Waals surface area contributed by atoms with Crippen LogP contribution in [-0.4, -0.2) is 88.4 Å². The molecule has 28 heavy (non-hydrogen) atoms. The number of urea groups is 1. The van der Waals surface area contributed by atoms with E-state index < -0.39 is 23.5 Å². The Balaban J connectivity index is 1.24. The predicted octanol–water partition coefficient (Wildman–Crippen LogP) is 0.527. The quantitative estimate of drug-likeness (QED) is 0.779. The number of carbonyl (C=O) groups excluding carboxylic acids is 2. The third kappa shape index (κ3) is 3.68. The van der Waals surface area contributed by atoms with Gasteiger partial charge in [-0.25, -0.2) is 9.59 Å². The molecule has 0 bridgehead atoms. The van der Waals surface area contributed by atoms with E-state index in [-0.39, 0.29) is 12.6 Å². The van der Waals surface area contributed by atoms with Crippen molar-refractivity contribution in [2.75, 3.05) is 45.9 Å². The summed E-state index contributed by atoms with van der Waals surface area (Å²) >= 11 is 0. The normalized spacial score (nSPS) is 22.0. The monoisotopic (exact) mass is 400 g/mol. The summed E-state index contributed by atoms with van der Waals surface area (Å²) in [6, 6.07) is 2.17. The van der Waals surface area contributed by atoms with Gasteiger partial charge in [0.2, 0.25) is 0 Å². The Morgan fingerprint density at radius 2 is 1.86 bits per heavy atom. The summed E-state index contributed by atoms with van der Waals surface area (Å²) in [6.07, 6.45) is -4.95. The smallest absolute Gasteiger partial charge is 0.435 e. The van der Waals surface area contributed by atoms with Crippen LogP contribution in [-0.2, 0) is 17.5 Å². The molecule has 12 heteroatoms. The number of aromatic nitrogens is 2. The van der Waals surface area contributed by atoms with Gasteiger partial charge in [-0.05, 0) is 12.1 Å². The standard InChI is InChI=1S/C16H19F3N6O3/c17-16(18,19)12-2-1-11(21-22-12)7-23-3-5-24(6-4-23)14(27)25-8-15(9-25)10-28-13(26)20-15/h1-2H,3-10H2,(H,20,26). The van der Waals surface area contributed by atoms with Crippen LogP contribution >= 0.6 is 0 Å². The summed E-state index contributed by atoms with van der Waals surface area (Å²) in [6.45, 7) is 3.72. The lowest BCUT2D eigenvalue weighted by atomic mass is 9.92. The molecule has 3 aliphatic heterocycles. The van der Waals surface area contributed by atoms with Gasteiger partial charge in [0.05, 0.1) is 18.8 Å². The van der Waals surface area contributed by atoms with E-state index in [0.717, 1.165) is 6.07 Å². The maximum Gasteiger partial charge on any atom is 0.435 e. The topological polar surface area (TPSA) is 90.9 Å². The van der Waals surface area contributed by atoms with Crippen molar-refractivity contribution in [2.24, 2.45) is 0 Å². The third-order valence-electron chi connectivity index (χ3n) is 5.14. The van der Waals surface area contributed by atoms with Gasteiger partial charge in [-0.2, -0.15) is 18.3 Å². The number of cyclic esters (lactones) is 1. The SMILES string of the molecule is O=C1NC2(CO1)CN(C(=O)N1CCN(Cc3ccc(C(F)(F)F)nn3)CC1)C2. The van der Waals surface area contributed by atoms with E-state index in [1.165, 1.54) is 6.07 Å². The molecule has 0 aromatic carbocycles. The second-order valence-electron chi connectivity index (χ2n) is 7.29. The van der Waals surface area contributed by atoms with Crippen molar-refractivity contribution in [1.82, 2.24) is 30.2 Å². The van der Waals surface area contributed by atoms with Crippen molar-refractivity contribution in [2.45, 2.75) is 18.3 Å². The minimum Gasteiger partial charge on any atom is -0.447 e. The van der Waals surface area contributed by atoms with Gasteiger partial charge in [0.25, 0.3) is 0 Å². The molecular formula is C16H19F3N6O3. The summed E-state index contributed by atoms with van der Waals surface area (Å²) < 4.78 is 42.5. The minimum absolute atomic E-state index is 0.0826. The number of piperazine rings is 1. The van der Waals surface area contributed by atoms with Crippen LogP contribution in [0.3, 0.4) is 0 Å². The van der Waals surface area contributed by atoms with Crippen LogP contribution in [0.4, 0.5) is 22.8 Å². The molecule has 0 atom stereocenters. The second-order valence-corrected chi connectivity index (χ2v) is 7.29. The Bertz CT molecular complexity index is 758. The number of nitrogens with zero attached hydrogens (tertiary/aromatic N) is 5. The molecule has 3 saturated heterocycles. The first-order valence-electron chi connectivity index (χ1n) is 8.85. The fourth-order valence-corrected chi connectivity index (χ4v) is 3.60. The highest BCUT2D eigenvalue weighted by Gasteiger charge is 2.52. The van der Waals surface area contributed by atoms with Gasteiger partial charge in [-0.15, -0.1) is 5.10 Å². The number of likely N-dealkylation sites (tertiary alicyclic amines) is 1. The maximum atomic E-state index is 12.5. The first-order valence-corrected chi connectivity index (χ1v) is 8.85. The third-order valence-corrected chi connectivity index (χ3v) is 5.14. The van der Waals surface area contributed by atoms with Gasteiger partial charge >= 0.3 is 18.3 Å². The van der Waals surface area contributed by atoms with Gasteiger partial charge in [0.15, 0.2) is 5.69 Å². The summed E-state index contributed by atoms with van der Waals surface area (Å²) in [5.41, 5.74) is -1.01. The van der Waals surface area contributed by atoms with Gasteiger partial charge in [-0.1, -0.05) is 0 Å². The summed E-state index contributed by atoms with van der Waals surface area (Å²) in [7, 11) is 0. The van der Waals surface area contributed by atoms with Crippen LogP contribution in [0.5, 0.6) is 0 Å². The molecule has 3 fully saturated rings. The van der Waals surface area contributed by atoms with E-state index in [4.69, 9.17) is 4.74 Å². The van der Waals surface area contributed by atoms with E-state index in [1.807, 2.05) is 4.90 Å². The molecule has 4 heterocycles. The summed E-state index contributed by atoms with van der Waals surface area (Å²) in [4.78, 5) is 29.1. The summed E-state index contributed by atoms with van der Waals surface area (Å²) in [5, 5.41) is 9.61. The van der Waals surface area contributed by atoms with Crippen molar-refractivity contribution < 1.29 is 27.5 Å². The predicted molar refractivity (Wildman–Crippen MR) is 88.1 cm³/mol. The van der Waals surface area contributed by atoms with Crippen LogP contribution in [0.1, 0.15) is 11.4 Å². The molecule has 152 valence electrons. The number of hydrogen-bond donors (Lipinski definition) is 1. The van der Waals surface area contributed by atoms with E-state index in [0.29, 0.717) is 51.5 Å². The van der Waals surface area contributed by atoms with Crippen molar-refractivity contribution in [1.29, 1.82) is 0 Å². The van der Waals surface area contributed by atoms with Crippen molar-refractivity contribution in [3.05, 3.63) is 23.5 Å². The van der Waals surface area contributed by atoms with E-state index in [1.54, 1.807) is 9.80 Å². The Kier molecular flexibility index (Phi) is 4.52. The van der Waals surface area contributed by atoms with E-state index in [9.17, 15) is 22.8 Å². The molecule has 0 aliphatic carbocycles. The first kappa shape index (κ1) is 18.7. The highest BCUT2D eigenvalue weighted by molar-refractivity contribution is 5.78. The van der Waals surface area contributed by atoms with Crippen molar-refractivity contribution >= 4 is 12.1 Å². The van der Waals surface area contributed by atoms with E-state index in [2.05, 4.69) is 15.5 Å². The molecule has 0 unspecified atom stereocenters. The molecule has 1 N–H and O–H groups in total. The average molecular weight is 400 g/mol. The number of halogens is 3. The fourth-order valence-electron chi connectivity index (χ4n) is 3.60. The Morgan fingerprint density at radius 3 is 2.39 bits per heavy atom. The van der Waals surface area contributed by atoms with Gasteiger partial charge < -0.3 is 19.9 Å². The van der Waals surface area contributed by atoms with Crippen molar-refractivity contribution in [3.8, 4) is 0 Å². The number of alkyl halides is 3. The highest BCUT2D eigenvalue weighted by Crippen LogP contribution is 2.28. The largest absolute Gasteiger partial charge is 0.447 e. The maximum absolute atomic E-state index is 12.5. The Labute approximate surface area is 158 Å². The minimum atomic E-state index is -4.50. The van der Waals surface area contributed by atoms with Gasteiger partial charge in [0.1, 0.15) is 12.1 Å². The number of hydrogen-bond acceptors (Lipinski definition) is 6. The number of nitrogens with one attached hydrogen (secondary N) is 1.